The predicted octanol–water partition coefficient (Wildman–Crippen LogP) is 0.0544. The van der Waals surface area contributed by atoms with Gasteiger partial charge in [0.2, 0.25) is 5.91 Å². The first-order valence-electron chi connectivity index (χ1n) is 9.30. The van der Waals surface area contributed by atoms with Crippen molar-refractivity contribution in [1.29, 1.82) is 0 Å². The summed E-state index contributed by atoms with van der Waals surface area (Å²) in [5, 5.41) is 16.9. The molecule has 2 fully saturated rings. The van der Waals surface area contributed by atoms with Gasteiger partial charge in [0, 0.05) is 26.2 Å². The summed E-state index contributed by atoms with van der Waals surface area (Å²) in [6.07, 6.45) is 6.66. The van der Waals surface area contributed by atoms with E-state index in [1.807, 2.05) is 11.9 Å². The fraction of sp³-hybridized carbons (Fsp3) is 0.706. The van der Waals surface area contributed by atoms with Crippen LogP contribution in [-0.2, 0) is 9.59 Å². The van der Waals surface area contributed by atoms with Crippen molar-refractivity contribution in [3.63, 3.8) is 0 Å². The van der Waals surface area contributed by atoms with Crippen LogP contribution in [0.1, 0.15) is 42.6 Å². The molecule has 0 aliphatic carbocycles. The van der Waals surface area contributed by atoms with Gasteiger partial charge in [0.15, 0.2) is 5.69 Å². The van der Waals surface area contributed by atoms with Crippen LogP contribution in [0.15, 0.2) is 6.20 Å². The Kier molecular flexibility index (Phi) is 8.18. The van der Waals surface area contributed by atoms with Crippen LogP contribution >= 0.6 is 0 Å². The monoisotopic (exact) mass is 380 g/mol. The Bertz CT molecular complexity index is 609. The maximum atomic E-state index is 12.9. The quantitative estimate of drug-likeness (QED) is 0.695. The van der Waals surface area contributed by atoms with Crippen LogP contribution in [-0.4, -0.2) is 99.3 Å². The summed E-state index contributed by atoms with van der Waals surface area (Å²) in [4.78, 5) is 39.6. The summed E-state index contributed by atoms with van der Waals surface area (Å²) in [5.41, 5.74) is 0.332. The molecule has 1 atom stereocenters. The third-order valence-electron chi connectivity index (χ3n) is 5.03. The minimum absolute atomic E-state index is 0.00899. The molecule has 3 heterocycles. The van der Waals surface area contributed by atoms with Crippen LogP contribution in [0, 0.1) is 0 Å². The van der Waals surface area contributed by atoms with Crippen LogP contribution in [0.3, 0.4) is 0 Å². The number of carbonyl (C=O) groups excluding carboxylic acids is 2. The van der Waals surface area contributed by atoms with Gasteiger partial charge in [0.25, 0.3) is 12.4 Å². The highest BCUT2D eigenvalue weighted by Gasteiger charge is 2.30. The van der Waals surface area contributed by atoms with E-state index in [2.05, 4.69) is 20.3 Å². The van der Waals surface area contributed by atoms with Gasteiger partial charge in [-0.05, 0) is 32.9 Å². The van der Waals surface area contributed by atoms with Gasteiger partial charge >= 0.3 is 0 Å². The third-order valence-corrected chi connectivity index (χ3v) is 5.03. The van der Waals surface area contributed by atoms with Crippen LogP contribution in [0.25, 0.3) is 0 Å². The van der Waals surface area contributed by atoms with E-state index < -0.39 is 0 Å². The molecule has 0 spiro atoms. The van der Waals surface area contributed by atoms with Crippen molar-refractivity contribution in [1.82, 2.24) is 30.1 Å². The number of nitrogens with one attached hydrogen (secondary N) is 1. The molecule has 3 rings (SSSR count). The van der Waals surface area contributed by atoms with E-state index in [0.717, 1.165) is 25.8 Å². The Hall–Kier alpha value is -2.49. The third kappa shape index (κ3) is 5.75. The Morgan fingerprint density at radius 1 is 1.11 bits per heavy atom. The zero-order valence-corrected chi connectivity index (χ0v) is 15.7. The van der Waals surface area contributed by atoms with Crippen molar-refractivity contribution in [2.45, 2.75) is 38.1 Å². The fourth-order valence-corrected chi connectivity index (χ4v) is 3.58. The van der Waals surface area contributed by atoms with E-state index in [9.17, 15) is 9.59 Å². The molecular weight excluding hydrogens is 352 g/mol. The Morgan fingerprint density at radius 2 is 1.81 bits per heavy atom. The first-order chi connectivity index (χ1) is 13.1. The van der Waals surface area contributed by atoms with Gasteiger partial charge in [0.1, 0.15) is 0 Å². The molecule has 1 unspecified atom stereocenters. The zero-order valence-electron chi connectivity index (χ0n) is 15.7. The van der Waals surface area contributed by atoms with Crippen LogP contribution in [0.2, 0.25) is 0 Å². The maximum absolute atomic E-state index is 12.9. The first-order valence-corrected chi connectivity index (χ1v) is 9.30. The summed E-state index contributed by atoms with van der Waals surface area (Å²) in [7, 11) is 2.05. The lowest BCUT2D eigenvalue weighted by atomic mass is 10.1. The standard InChI is InChI=1S/C16H26N6O2.CH2O2/c1-20-7-4-2-3-6-14(20)16(24)22-9-5-8-21(10-11-22)15(23)13-12-17-19-18-13;2-1-3/h12,14H,2-11H2,1H3,(H,17,18,19);1H,(H,2,3). The number of likely N-dealkylation sites (tertiary alicyclic amines) is 1. The molecule has 27 heavy (non-hydrogen) atoms. The number of aromatic nitrogens is 3. The molecule has 0 radical (unpaired) electrons. The topological polar surface area (TPSA) is 123 Å². The lowest BCUT2D eigenvalue weighted by molar-refractivity contribution is -0.136. The van der Waals surface area contributed by atoms with Crippen LogP contribution in [0.4, 0.5) is 0 Å². The maximum Gasteiger partial charge on any atom is 0.290 e. The van der Waals surface area contributed by atoms with E-state index in [-0.39, 0.29) is 24.3 Å². The summed E-state index contributed by atoms with van der Waals surface area (Å²) < 4.78 is 0. The molecule has 10 nitrogen and oxygen atoms in total. The van der Waals surface area contributed by atoms with E-state index in [1.165, 1.54) is 19.0 Å². The second-order valence-electron chi connectivity index (χ2n) is 6.78. The van der Waals surface area contributed by atoms with Crippen molar-refractivity contribution in [3.05, 3.63) is 11.9 Å². The molecule has 150 valence electrons. The number of aromatic amines is 1. The van der Waals surface area contributed by atoms with Gasteiger partial charge in [0.05, 0.1) is 12.2 Å². The molecule has 0 saturated carbocycles. The van der Waals surface area contributed by atoms with Gasteiger partial charge < -0.3 is 14.9 Å². The molecule has 2 N–H and O–H groups in total. The van der Waals surface area contributed by atoms with E-state index in [1.54, 1.807) is 4.90 Å². The second kappa shape index (κ2) is 10.6. The molecule has 0 aromatic carbocycles. The molecule has 10 heteroatoms. The average molecular weight is 380 g/mol. The molecule has 1 aromatic rings. The van der Waals surface area contributed by atoms with Crippen molar-refractivity contribution >= 4 is 18.3 Å². The van der Waals surface area contributed by atoms with Gasteiger partial charge in [-0.15, -0.1) is 0 Å². The highest BCUT2D eigenvalue weighted by molar-refractivity contribution is 5.92. The number of likely N-dealkylation sites (N-methyl/N-ethyl adjacent to an activating group) is 1. The minimum Gasteiger partial charge on any atom is -0.483 e. The van der Waals surface area contributed by atoms with Crippen molar-refractivity contribution in [2.75, 3.05) is 39.8 Å². The lowest BCUT2D eigenvalue weighted by Gasteiger charge is -2.30. The Balaban J connectivity index is 0.000000817. The van der Waals surface area contributed by atoms with Crippen molar-refractivity contribution in [2.24, 2.45) is 0 Å². The Labute approximate surface area is 158 Å². The number of nitrogens with zero attached hydrogens (tertiary/aromatic N) is 5. The largest absolute Gasteiger partial charge is 0.483 e. The van der Waals surface area contributed by atoms with Gasteiger partial charge in [-0.2, -0.15) is 15.4 Å². The summed E-state index contributed by atoms with van der Waals surface area (Å²) >= 11 is 0. The van der Waals surface area contributed by atoms with Gasteiger partial charge in [-0.3, -0.25) is 19.3 Å². The zero-order chi connectivity index (χ0) is 19.6. The highest BCUT2D eigenvalue weighted by Crippen LogP contribution is 2.18. The molecule has 0 bridgehead atoms. The second-order valence-corrected chi connectivity index (χ2v) is 6.78. The highest BCUT2D eigenvalue weighted by atomic mass is 16.3. The number of hydrogen-bond donors (Lipinski definition) is 2. The molecule has 2 aliphatic heterocycles. The summed E-state index contributed by atoms with van der Waals surface area (Å²) in [5.74, 6) is 0.0970. The number of amides is 2. The molecule has 2 amide bonds. The first kappa shape index (κ1) is 20.8. The van der Waals surface area contributed by atoms with E-state index in [0.29, 0.717) is 31.9 Å². The number of carbonyl (C=O) groups is 3. The molecule has 2 aliphatic rings. The number of hydrogen-bond acceptors (Lipinski definition) is 6. The smallest absolute Gasteiger partial charge is 0.290 e. The van der Waals surface area contributed by atoms with Gasteiger partial charge in [-0.25, -0.2) is 0 Å². The predicted molar refractivity (Wildman–Crippen MR) is 97.1 cm³/mol. The summed E-state index contributed by atoms with van der Waals surface area (Å²) in [6.45, 7) is 3.24. The average Bonchev–Trinajstić information content (AvgIpc) is 2.96. The number of rotatable bonds is 2. The number of H-pyrrole nitrogens is 1. The Morgan fingerprint density at radius 3 is 2.52 bits per heavy atom. The van der Waals surface area contributed by atoms with Gasteiger partial charge in [-0.1, -0.05) is 12.8 Å². The fourth-order valence-electron chi connectivity index (χ4n) is 3.58. The van der Waals surface area contributed by atoms with Crippen LogP contribution in [0.5, 0.6) is 0 Å². The van der Waals surface area contributed by atoms with E-state index in [4.69, 9.17) is 9.90 Å². The van der Waals surface area contributed by atoms with Crippen LogP contribution < -0.4 is 0 Å². The summed E-state index contributed by atoms with van der Waals surface area (Å²) in [6, 6.07) is -0.00899. The van der Waals surface area contributed by atoms with E-state index >= 15 is 0 Å². The molecule has 2 saturated heterocycles. The minimum atomic E-state index is -0.250. The molecular formula is C17H28N6O4. The SMILES string of the molecule is CN1CCCCCC1C(=O)N1CCCN(C(=O)c2cn[nH]n2)CC1.O=CO. The molecule has 1 aromatic heterocycles. The van der Waals surface area contributed by atoms with Crippen molar-refractivity contribution < 1.29 is 19.5 Å². The number of carboxylic acid groups (broad SMARTS) is 1. The van der Waals surface area contributed by atoms with Crippen molar-refractivity contribution in [3.8, 4) is 0 Å². The lowest BCUT2D eigenvalue weighted by Crippen LogP contribution is -2.48. The normalized spacial score (nSPS) is 21.4.